The lowest BCUT2D eigenvalue weighted by atomic mass is 9.98. The van der Waals surface area contributed by atoms with Crippen LogP contribution in [0.1, 0.15) is 213 Å². The van der Waals surface area contributed by atoms with Gasteiger partial charge in [-0.1, -0.05) is 202 Å². The molecule has 0 spiro atoms. The fourth-order valence-corrected chi connectivity index (χ4v) is 7.77. The predicted octanol–water partition coefficient (Wildman–Crippen LogP) is 13.6. The first kappa shape index (κ1) is 64.9. The number of carboxylic acid groups (broad SMARTS) is 1. The summed E-state index contributed by atoms with van der Waals surface area (Å²) in [6.07, 6.45) is 47.4. The number of carbonyl (C=O) groups excluding carboxylic acids is 3. The van der Waals surface area contributed by atoms with Gasteiger partial charge in [0.1, 0.15) is 18.8 Å². The van der Waals surface area contributed by atoms with Gasteiger partial charge in [-0.05, 0) is 77.0 Å². The number of allylic oxidation sites excluding steroid dienone is 13. The molecule has 0 radical (unpaired) electrons. The smallest absolute Gasteiger partial charge is 0.335 e. The maximum absolute atomic E-state index is 13.0. The fourth-order valence-electron chi connectivity index (χ4n) is 7.77. The van der Waals surface area contributed by atoms with Gasteiger partial charge in [0.2, 0.25) is 0 Å². The molecule has 1 aliphatic heterocycles. The van der Waals surface area contributed by atoms with Crippen LogP contribution in [0.25, 0.3) is 0 Å². The van der Waals surface area contributed by atoms with Crippen LogP contribution in [0.2, 0.25) is 0 Å². The molecule has 0 aromatic heterocycles. The Balaban J connectivity index is 2.73. The minimum Gasteiger partial charge on any atom is -0.479 e. The standard InChI is InChI=1S/C59H96O12/c1-4-7-10-13-16-19-21-23-25-26-28-29-31-34-36-39-42-45-51(60)67-48-50(69-52(61)46-43-40-37-33-18-15-12-9-6-3)49-68-59-57(55(64)54(63)56(71-59)58(65)66)70-53(62)47-44-41-38-35-32-30-27-24-22-20-17-14-11-8-5-2/h8,11,16-17,19-20,23-25,27,32,35,41,44,50,54-57,59,63-64H,4-7,9-10,12-15,18,21-22,26,28-31,33-34,36-40,42-43,45-49H2,1-3H3,(H,65,66)/b11-8-,19-16-,20-17-,25-23-,27-24-,35-32-,44-41-. The number of carbonyl (C=O) groups is 4. The maximum atomic E-state index is 13.0. The molecular formula is C59H96O12. The molecule has 6 unspecified atom stereocenters. The summed E-state index contributed by atoms with van der Waals surface area (Å²) in [4.78, 5) is 50.8. The molecule has 404 valence electrons. The second kappa shape index (κ2) is 46.9. The summed E-state index contributed by atoms with van der Waals surface area (Å²) in [5.41, 5.74) is 0. The van der Waals surface area contributed by atoms with Gasteiger partial charge in [0.15, 0.2) is 24.6 Å². The topological polar surface area (TPSA) is 175 Å². The molecule has 0 aliphatic carbocycles. The first-order chi connectivity index (χ1) is 34.6. The number of aliphatic hydroxyl groups is 2. The van der Waals surface area contributed by atoms with E-state index in [9.17, 15) is 34.5 Å². The van der Waals surface area contributed by atoms with Crippen LogP contribution in [0, 0.1) is 0 Å². The highest BCUT2D eigenvalue weighted by atomic mass is 16.7. The van der Waals surface area contributed by atoms with Crippen molar-refractivity contribution in [2.75, 3.05) is 13.2 Å². The zero-order chi connectivity index (χ0) is 51.8. The summed E-state index contributed by atoms with van der Waals surface area (Å²) >= 11 is 0. The van der Waals surface area contributed by atoms with Gasteiger partial charge in [-0.2, -0.15) is 0 Å². The van der Waals surface area contributed by atoms with Crippen LogP contribution >= 0.6 is 0 Å². The third-order valence-corrected chi connectivity index (χ3v) is 12.0. The SMILES string of the molecule is CC/C=C\C/C=C\C/C=C\C/C=C\C/C=C\CC(=O)OC1C(OCC(COC(=O)CCCCCCCCC/C=C\C/C=C\CCCCC)OC(=O)CCCCCCCCCCC)OC(C(=O)O)C(O)C1O. The van der Waals surface area contributed by atoms with Gasteiger partial charge in [0.05, 0.1) is 13.0 Å². The number of esters is 3. The Morgan fingerprint density at radius 1 is 0.493 bits per heavy atom. The summed E-state index contributed by atoms with van der Waals surface area (Å²) in [7, 11) is 0. The second-order valence-corrected chi connectivity index (χ2v) is 18.5. The van der Waals surface area contributed by atoms with E-state index in [4.69, 9.17) is 23.7 Å². The first-order valence-corrected chi connectivity index (χ1v) is 27.6. The van der Waals surface area contributed by atoms with Crippen molar-refractivity contribution in [3.8, 4) is 0 Å². The Kier molecular flexibility index (Phi) is 42.9. The van der Waals surface area contributed by atoms with Crippen LogP contribution < -0.4 is 0 Å². The van der Waals surface area contributed by atoms with Gasteiger partial charge < -0.3 is 39.0 Å². The van der Waals surface area contributed by atoms with Gasteiger partial charge in [0, 0.05) is 12.8 Å². The highest BCUT2D eigenvalue weighted by Crippen LogP contribution is 2.26. The monoisotopic (exact) mass is 997 g/mol. The molecule has 1 heterocycles. The number of ether oxygens (including phenoxy) is 5. The van der Waals surface area contributed by atoms with E-state index in [1.165, 1.54) is 70.6 Å². The van der Waals surface area contributed by atoms with E-state index in [2.05, 4.69) is 81.5 Å². The number of aliphatic carboxylic acids is 1. The number of hydrogen-bond donors (Lipinski definition) is 3. The average Bonchev–Trinajstić information content (AvgIpc) is 3.35. The molecule has 0 saturated carbocycles. The third-order valence-electron chi connectivity index (χ3n) is 12.0. The van der Waals surface area contributed by atoms with Crippen molar-refractivity contribution in [2.45, 2.75) is 250 Å². The maximum Gasteiger partial charge on any atom is 0.335 e. The second-order valence-electron chi connectivity index (χ2n) is 18.5. The van der Waals surface area contributed by atoms with Crippen molar-refractivity contribution in [1.29, 1.82) is 0 Å². The van der Waals surface area contributed by atoms with E-state index in [1.807, 2.05) is 12.2 Å². The van der Waals surface area contributed by atoms with Crippen LogP contribution in [0.5, 0.6) is 0 Å². The van der Waals surface area contributed by atoms with E-state index < -0.39 is 67.3 Å². The van der Waals surface area contributed by atoms with Crippen molar-refractivity contribution in [2.24, 2.45) is 0 Å². The molecule has 1 saturated heterocycles. The lowest BCUT2D eigenvalue weighted by Crippen LogP contribution is -2.61. The molecule has 71 heavy (non-hydrogen) atoms. The van der Waals surface area contributed by atoms with Crippen molar-refractivity contribution in [3.05, 3.63) is 85.1 Å². The predicted molar refractivity (Wildman–Crippen MR) is 284 cm³/mol. The molecule has 0 bridgehead atoms. The van der Waals surface area contributed by atoms with Crippen molar-refractivity contribution in [1.82, 2.24) is 0 Å². The quantitative estimate of drug-likeness (QED) is 0.0228. The molecule has 1 fully saturated rings. The van der Waals surface area contributed by atoms with Crippen LogP contribution in [0.15, 0.2) is 85.1 Å². The minimum absolute atomic E-state index is 0.149. The largest absolute Gasteiger partial charge is 0.479 e. The summed E-state index contributed by atoms with van der Waals surface area (Å²) < 4.78 is 28.2. The third kappa shape index (κ3) is 37.3. The summed E-state index contributed by atoms with van der Waals surface area (Å²) in [5, 5.41) is 31.3. The first-order valence-electron chi connectivity index (χ1n) is 27.6. The van der Waals surface area contributed by atoms with Gasteiger partial charge >= 0.3 is 23.9 Å². The zero-order valence-electron chi connectivity index (χ0n) is 44.2. The van der Waals surface area contributed by atoms with Crippen LogP contribution in [0.3, 0.4) is 0 Å². The lowest BCUT2D eigenvalue weighted by molar-refractivity contribution is -0.301. The summed E-state index contributed by atoms with van der Waals surface area (Å²) in [5.74, 6) is -3.30. The molecule has 12 nitrogen and oxygen atoms in total. The number of hydrogen-bond acceptors (Lipinski definition) is 11. The molecular weight excluding hydrogens is 901 g/mol. The molecule has 1 rings (SSSR count). The Hall–Kier alpha value is -4.10. The van der Waals surface area contributed by atoms with Gasteiger partial charge in [-0.15, -0.1) is 0 Å². The van der Waals surface area contributed by atoms with E-state index in [-0.39, 0.29) is 25.9 Å². The molecule has 0 aromatic carbocycles. The fraction of sp³-hybridized carbons (Fsp3) is 0.695. The zero-order valence-corrected chi connectivity index (χ0v) is 44.2. The van der Waals surface area contributed by atoms with Crippen molar-refractivity contribution < 1.29 is 58.2 Å². The van der Waals surface area contributed by atoms with Crippen LogP contribution in [-0.2, 0) is 42.9 Å². The van der Waals surface area contributed by atoms with Crippen molar-refractivity contribution >= 4 is 23.9 Å². The van der Waals surface area contributed by atoms with Crippen LogP contribution in [-0.4, -0.2) is 89.2 Å². The number of unbranched alkanes of at least 4 members (excludes halogenated alkanes) is 18. The Bertz CT molecular complexity index is 1560. The normalized spacial score (nSPS) is 19.1. The highest BCUT2D eigenvalue weighted by Gasteiger charge is 2.50. The number of rotatable bonds is 45. The lowest BCUT2D eigenvalue weighted by Gasteiger charge is -2.40. The van der Waals surface area contributed by atoms with Crippen LogP contribution in [0.4, 0.5) is 0 Å². The highest BCUT2D eigenvalue weighted by molar-refractivity contribution is 5.74. The van der Waals surface area contributed by atoms with E-state index in [1.54, 1.807) is 12.2 Å². The molecule has 12 heteroatoms. The van der Waals surface area contributed by atoms with E-state index >= 15 is 0 Å². The minimum atomic E-state index is -1.94. The molecule has 3 N–H and O–H groups in total. The average molecular weight is 997 g/mol. The van der Waals surface area contributed by atoms with E-state index in [0.29, 0.717) is 19.3 Å². The number of carboxylic acids is 1. The molecule has 6 atom stereocenters. The molecule has 0 amide bonds. The van der Waals surface area contributed by atoms with Gasteiger partial charge in [0.25, 0.3) is 0 Å². The van der Waals surface area contributed by atoms with Gasteiger partial charge in [-0.3, -0.25) is 14.4 Å². The molecule has 1 aliphatic rings. The number of aliphatic hydroxyl groups excluding tert-OH is 2. The van der Waals surface area contributed by atoms with Gasteiger partial charge in [-0.25, -0.2) is 4.79 Å². The summed E-state index contributed by atoms with van der Waals surface area (Å²) in [6, 6.07) is 0. The van der Waals surface area contributed by atoms with Crippen molar-refractivity contribution in [3.63, 3.8) is 0 Å². The summed E-state index contributed by atoms with van der Waals surface area (Å²) in [6.45, 7) is 5.76. The van der Waals surface area contributed by atoms with E-state index in [0.717, 1.165) is 83.5 Å². The Labute approximate surface area is 429 Å². The molecule has 0 aromatic rings. The Morgan fingerprint density at radius 2 is 0.930 bits per heavy atom. The Morgan fingerprint density at radius 3 is 1.45 bits per heavy atom.